The van der Waals surface area contributed by atoms with Gasteiger partial charge in [-0.05, 0) is 25.3 Å². The highest BCUT2D eigenvalue weighted by molar-refractivity contribution is 5.89. The van der Waals surface area contributed by atoms with Gasteiger partial charge in [0.1, 0.15) is 18.7 Å². The Bertz CT molecular complexity index is 620. The highest BCUT2D eigenvalue weighted by Gasteiger charge is 2.33. The van der Waals surface area contributed by atoms with E-state index in [-0.39, 0.29) is 6.61 Å². The summed E-state index contributed by atoms with van der Waals surface area (Å²) in [5, 5.41) is 11.9. The van der Waals surface area contributed by atoms with Crippen LogP contribution in [-0.2, 0) is 20.9 Å². The maximum atomic E-state index is 12.7. The van der Waals surface area contributed by atoms with Crippen molar-refractivity contribution in [3.63, 3.8) is 0 Å². The fourth-order valence-electron chi connectivity index (χ4n) is 3.06. The van der Waals surface area contributed by atoms with Gasteiger partial charge in [0.15, 0.2) is 0 Å². The van der Waals surface area contributed by atoms with Gasteiger partial charge in [0, 0.05) is 6.54 Å². The van der Waals surface area contributed by atoms with Gasteiger partial charge in [0.05, 0.1) is 0 Å². The Morgan fingerprint density at radius 1 is 1.19 bits per heavy atom. The van der Waals surface area contributed by atoms with E-state index < -0.39 is 30.1 Å². The smallest absolute Gasteiger partial charge is 0.408 e. The Morgan fingerprint density at radius 3 is 2.58 bits per heavy atom. The lowest BCUT2D eigenvalue weighted by molar-refractivity contribution is -0.151. The first-order valence-electron chi connectivity index (χ1n) is 8.99. The molecule has 0 radical (unpaired) electrons. The molecule has 1 saturated heterocycles. The van der Waals surface area contributed by atoms with E-state index in [2.05, 4.69) is 5.32 Å². The monoisotopic (exact) mass is 362 g/mol. The van der Waals surface area contributed by atoms with E-state index in [9.17, 15) is 19.5 Å². The summed E-state index contributed by atoms with van der Waals surface area (Å²) in [5.74, 6) is -1.39. The van der Waals surface area contributed by atoms with E-state index >= 15 is 0 Å². The fraction of sp³-hybridized carbons (Fsp3) is 0.526. The number of nitrogens with one attached hydrogen (secondary N) is 1. The summed E-state index contributed by atoms with van der Waals surface area (Å²) in [6.07, 6.45) is 3.23. The highest BCUT2D eigenvalue weighted by Crippen LogP contribution is 2.18. The fourth-order valence-corrected chi connectivity index (χ4v) is 3.06. The van der Waals surface area contributed by atoms with Crippen LogP contribution in [0.3, 0.4) is 0 Å². The van der Waals surface area contributed by atoms with Gasteiger partial charge < -0.3 is 20.1 Å². The van der Waals surface area contributed by atoms with Crippen molar-refractivity contribution in [2.75, 3.05) is 6.54 Å². The van der Waals surface area contributed by atoms with Crippen molar-refractivity contribution in [1.29, 1.82) is 0 Å². The standard InChI is InChI=1S/C19H26N2O5/c1-14(20-19(25)26-13-15-9-5-4-6-10-15)17(22)21-12-8-3-2-7-11-16(21)18(23)24/h4-6,9-10,14,16H,2-3,7-8,11-13H2,1H3,(H,20,25)(H,23,24)/t14-,16+/m0/s1. The predicted octanol–water partition coefficient (Wildman–Crippen LogP) is 2.55. The van der Waals surface area contributed by atoms with E-state index in [0.29, 0.717) is 13.0 Å². The lowest BCUT2D eigenvalue weighted by Gasteiger charge is -2.32. The zero-order valence-corrected chi connectivity index (χ0v) is 15.0. The van der Waals surface area contributed by atoms with Gasteiger partial charge in [-0.1, -0.05) is 49.6 Å². The molecular weight excluding hydrogens is 336 g/mol. The number of benzene rings is 1. The number of carbonyl (C=O) groups is 3. The number of carboxylic acids is 1. The van der Waals surface area contributed by atoms with Crippen LogP contribution in [0, 0.1) is 0 Å². The average molecular weight is 362 g/mol. The molecule has 7 heteroatoms. The maximum Gasteiger partial charge on any atom is 0.408 e. The molecule has 0 aliphatic carbocycles. The number of nitrogens with zero attached hydrogens (tertiary/aromatic N) is 1. The van der Waals surface area contributed by atoms with E-state index in [1.807, 2.05) is 30.3 Å². The number of aliphatic carboxylic acids is 1. The normalized spacial score (nSPS) is 19.0. The number of rotatable bonds is 5. The third-order valence-corrected chi connectivity index (χ3v) is 4.49. The molecule has 1 aromatic rings. The molecule has 1 aliphatic rings. The van der Waals surface area contributed by atoms with Crippen molar-refractivity contribution < 1.29 is 24.2 Å². The van der Waals surface area contributed by atoms with E-state index in [0.717, 1.165) is 31.2 Å². The van der Waals surface area contributed by atoms with Crippen LogP contribution in [0.2, 0.25) is 0 Å². The van der Waals surface area contributed by atoms with Crippen molar-refractivity contribution in [2.45, 2.75) is 57.7 Å². The molecule has 1 aliphatic heterocycles. The number of likely N-dealkylation sites (tertiary alicyclic amines) is 1. The summed E-state index contributed by atoms with van der Waals surface area (Å²) in [7, 11) is 0. The van der Waals surface area contributed by atoms with E-state index in [4.69, 9.17) is 4.74 Å². The largest absolute Gasteiger partial charge is 0.480 e. The molecule has 2 rings (SSSR count). The lowest BCUT2D eigenvalue weighted by atomic mass is 10.0. The van der Waals surface area contributed by atoms with Gasteiger partial charge in [-0.3, -0.25) is 4.79 Å². The van der Waals surface area contributed by atoms with Gasteiger partial charge in [0.25, 0.3) is 0 Å². The third kappa shape index (κ3) is 5.75. The average Bonchev–Trinajstić information content (AvgIpc) is 2.60. The Hall–Kier alpha value is -2.57. The Morgan fingerprint density at radius 2 is 1.88 bits per heavy atom. The van der Waals surface area contributed by atoms with Crippen molar-refractivity contribution in [3.05, 3.63) is 35.9 Å². The van der Waals surface area contributed by atoms with Gasteiger partial charge in [-0.25, -0.2) is 9.59 Å². The summed E-state index contributed by atoms with van der Waals surface area (Å²) < 4.78 is 5.12. The SMILES string of the molecule is C[C@H](NC(=O)OCc1ccccc1)C(=O)N1CCCCCC[C@@H]1C(=O)O. The second-order valence-electron chi connectivity index (χ2n) is 6.52. The van der Waals surface area contributed by atoms with Crippen LogP contribution in [0.15, 0.2) is 30.3 Å². The van der Waals surface area contributed by atoms with Crippen molar-refractivity contribution in [3.8, 4) is 0 Å². The molecule has 0 unspecified atom stereocenters. The number of hydrogen-bond acceptors (Lipinski definition) is 4. The van der Waals surface area contributed by atoms with E-state index in [1.54, 1.807) is 6.92 Å². The number of alkyl carbamates (subject to hydrolysis) is 1. The molecule has 7 nitrogen and oxygen atoms in total. The van der Waals surface area contributed by atoms with Crippen molar-refractivity contribution in [2.24, 2.45) is 0 Å². The number of amides is 2. The number of ether oxygens (including phenoxy) is 1. The minimum absolute atomic E-state index is 0.106. The molecule has 0 spiro atoms. The molecule has 1 heterocycles. The molecule has 0 bridgehead atoms. The van der Waals surface area contributed by atoms with Crippen LogP contribution in [0.25, 0.3) is 0 Å². The zero-order valence-electron chi connectivity index (χ0n) is 15.0. The maximum absolute atomic E-state index is 12.7. The quantitative estimate of drug-likeness (QED) is 0.839. The predicted molar refractivity (Wildman–Crippen MR) is 95.4 cm³/mol. The second-order valence-corrected chi connectivity index (χ2v) is 6.52. The van der Waals surface area contributed by atoms with Gasteiger partial charge in [-0.15, -0.1) is 0 Å². The highest BCUT2D eigenvalue weighted by atomic mass is 16.5. The first-order valence-corrected chi connectivity index (χ1v) is 8.99. The minimum Gasteiger partial charge on any atom is -0.480 e. The van der Waals surface area contributed by atoms with Crippen LogP contribution < -0.4 is 5.32 Å². The molecule has 2 amide bonds. The molecule has 0 saturated carbocycles. The lowest BCUT2D eigenvalue weighted by Crippen LogP contribution is -2.53. The van der Waals surface area contributed by atoms with Gasteiger partial charge in [-0.2, -0.15) is 0 Å². The number of carboxylic acid groups (broad SMARTS) is 1. The van der Waals surface area contributed by atoms with Crippen LogP contribution in [-0.4, -0.2) is 46.6 Å². The third-order valence-electron chi connectivity index (χ3n) is 4.49. The van der Waals surface area contributed by atoms with E-state index in [1.165, 1.54) is 4.90 Å². The summed E-state index contributed by atoms with van der Waals surface area (Å²) in [6.45, 7) is 2.04. The van der Waals surface area contributed by atoms with Gasteiger partial charge >= 0.3 is 12.1 Å². The molecular formula is C19H26N2O5. The molecule has 2 N–H and O–H groups in total. The topological polar surface area (TPSA) is 95.9 Å². The van der Waals surface area contributed by atoms with Crippen LogP contribution in [0.5, 0.6) is 0 Å². The minimum atomic E-state index is -1.00. The number of hydrogen-bond donors (Lipinski definition) is 2. The van der Waals surface area contributed by atoms with Crippen molar-refractivity contribution >= 4 is 18.0 Å². The molecule has 26 heavy (non-hydrogen) atoms. The summed E-state index contributed by atoms with van der Waals surface area (Å²) in [5.41, 5.74) is 0.844. The second kappa shape index (κ2) is 9.79. The Balaban J connectivity index is 1.91. The molecule has 2 atom stereocenters. The summed E-state index contributed by atoms with van der Waals surface area (Å²) in [4.78, 5) is 37.5. The molecule has 0 aromatic heterocycles. The summed E-state index contributed by atoms with van der Waals surface area (Å²) in [6, 6.07) is 7.53. The van der Waals surface area contributed by atoms with Gasteiger partial charge in [0.2, 0.25) is 5.91 Å². The van der Waals surface area contributed by atoms with Crippen LogP contribution in [0.1, 0.15) is 44.6 Å². The van der Waals surface area contributed by atoms with Crippen molar-refractivity contribution in [1.82, 2.24) is 10.2 Å². The first kappa shape index (κ1) is 19.8. The van der Waals surface area contributed by atoms with Crippen LogP contribution >= 0.6 is 0 Å². The Labute approximate surface area is 153 Å². The Kier molecular flexibility index (Phi) is 7.44. The first-order chi connectivity index (χ1) is 12.5. The van der Waals surface area contributed by atoms with Crippen LogP contribution in [0.4, 0.5) is 4.79 Å². The molecule has 1 aromatic carbocycles. The molecule has 142 valence electrons. The zero-order chi connectivity index (χ0) is 18.9. The summed E-state index contributed by atoms with van der Waals surface area (Å²) >= 11 is 0. The number of carbonyl (C=O) groups excluding carboxylic acids is 2. The molecule has 1 fully saturated rings.